The minimum atomic E-state index is 0.0914. The normalized spacial score (nSPS) is 9.92. The molecular formula is C10H14N2O. The Hall–Kier alpha value is -1.35. The highest BCUT2D eigenvalue weighted by Gasteiger charge is 1.96. The van der Waals surface area contributed by atoms with Crippen molar-refractivity contribution in [2.45, 2.75) is 12.8 Å². The summed E-state index contributed by atoms with van der Waals surface area (Å²) >= 11 is 0. The number of aliphatic hydroxyl groups is 1. The van der Waals surface area contributed by atoms with Crippen LogP contribution in [-0.4, -0.2) is 17.5 Å². The molecular weight excluding hydrogens is 164 g/mol. The van der Waals surface area contributed by atoms with Crippen LogP contribution in [0.1, 0.15) is 17.5 Å². The summed E-state index contributed by atoms with van der Waals surface area (Å²) in [5, 5.41) is 15.8. The number of nitrogens with one attached hydrogen (secondary N) is 1. The van der Waals surface area contributed by atoms with Gasteiger partial charge in [-0.05, 0) is 18.4 Å². The molecule has 0 aliphatic carbocycles. The van der Waals surface area contributed by atoms with Gasteiger partial charge in [0.1, 0.15) is 5.84 Å². The van der Waals surface area contributed by atoms with Gasteiger partial charge >= 0.3 is 0 Å². The largest absolute Gasteiger partial charge is 0.396 e. The van der Waals surface area contributed by atoms with E-state index in [-0.39, 0.29) is 12.4 Å². The molecule has 3 heteroatoms. The summed E-state index contributed by atoms with van der Waals surface area (Å²) in [6, 6.07) is 7.53. The minimum absolute atomic E-state index is 0.0914. The quantitative estimate of drug-likeness (QED) is 0.473. The number of hydrogen-bond acceptors (Lipinski definition) is 2. The van der Waals surface area contributed by atoms with Gasteiger partial charge in [-0.15, -0.1) is 0 Å². The number of aliphatic hydroxyl groups excluding tert-OH is 1. The number of benzene rings is 1. The first-order valence-electron chi connectivity index (χ1n) is 4.28. The van der Waals surface area contributed by atoms with Crippen molar-refractivity contribution >= 4 is 5.84 Å². The highest BCUT2D eigenvalue weighted by Crippen LogP contribution is 2.05. The molecule has 3 nitrogen and oxygen atoms in total. The SMILES string of the molecule is N=C(N)c1ccc(CCCO)cc1. The van der Waals surface area contributed by atoms with Crippen LogP contribution in [0.4, 0.5) is 0 Å². The van der Waals surface area contributed by atoms with Crippen LogP contribution in [0.25, 0.3) is 0 Å². The van der Waals surface area contributed by atoms with E-state index in [1.54, 1.807) is 0 Å². The number of nitrogen functional groups attached to an aromatic ring is 1. The van der Waals surface area contributed by atoms with E-state index in [4.69, 9.17) is 16.2 Å². The Labute approximate surface area is 77.7 Å². The monoisotopic (exact) mass is 178 g/mol. The Balaban J connectivity index is 2.64. The number of aryl methyl sites for hydroxylation is 1. The third kappa shape index (κ3) is 2.87. The molecule has 4 N–H and O–H groups in total. The molecule has 0 bridgehead atoms. The summed E-state index contributed by atoms with van der Waals surface area (Å²) in [6.45, 7) is 0.217. The van der Waals surface area contributed by atoms with E-state index in [1.165, 1.54) is 5.56 Å². The molecule has 1 aromatic carbocycles. The fraction of sp³-hybridized carbons (Fsp3) is 0.300. The minimum Gasteiger partial charge on any atom is -0.396 e. The summed E-state index contributed by atoms with van der Waals surface area (Å²) in [7, 11) is 0. The van der Waals surface area contributed by atoms with Crippen molar-refractivity contribution in [3.63, 3.8) is 0 Å². The van der Waals surface area contributed by atoms with Crippen LogP contribution >= 0.6 is 0 Å². The topological polar surface area (TPSA) is 70.1 Å². The van der Waals surface area contributed by atoms with Gasteiger partial charge in [-0.2, -0.15) is 0 Å². The first-order chi connectivity index (χ1) is 6.24. The van der Waals surface area contributed by atoms with Gasteiger partial charge < -0.3 is 10.8 Å². The Kier molecular flexibility index (Phi) is 3.46. The second-order valence-electron chi connectivity index (χ2n) is 2.94. The molecule has 0 amide bonds. The molecule has 0 atom stereocenters. The van der Waals surface area contributed by atoms with Gasteiger partial charge in [0.25, 0.3) is 0 Å². The molecule has 13 heavy (non-hydrogen) atoms. The zero-order valence-electron chi connectivity index (χ0n) is 7.46. The van der Waals surface area contributed by atoms with Gasteiger partial charge in [0.05, 0.1) is 0 Å². The fourth-order valence-electron chi connectivity index (χ4n) is 1.13. The second kappa shape index (κ2) is 4.62. The van der Waals surface area contributed by atoms with Crippen LogP contribution in [0.15, 0.2) is 24.3 Å². The molecule has 0 spiro atoms. The second-order valence-corrected chi connectivity index (χ2v) is 2.94. The standard InChI is InChI=1S/C10H14N2O/c11-10(12)9-5-3-8(4-6-9)2-1-7-13/h3-6,13H,1-2,7H2,(H3,11,12). The van der Waals surface area contributed by atoms with Crippen molar-refractivity contribution in [3.05, 3.63) is 35.4 Å². The van der Waals surface area contributed by atoms with Gasteiger partial charge in [0.15, 0.2) is 0 Å². The van der Waals surface area contributed by atoms with Gasteiger partial charge in [0, 0.05) is 12.2 Å². The number of rotatable bonds is 4. The van der Waals surface area contributed by atoms with Crippen LogP contribution in [0.5, 0.6) is 0 Å². The van der Waals surface area contributed by atoms with Gasteiger partial charge in [0.2, 0.25) is 0 Å². The third-order valence-corrected chi connectivity index (χ3v) is 1.89. The molecule has 70 valence electrons. The molecule has 1 rings (SSSR count). The van der Waals surface area contributed by atoms with E-state index < -0.39 is 0 Å². The van der Waals surface area contributed by atoms with Crippen LogP contribution in [0, 0.1) is 5.41 Å². The number of nitrogens with two attached hydrogens (primary N) is 1. The lowest BCUT2D eigenvalue weighted by Crippen LogP contribution is -2.10. The summed E-state index contributed by atoms with van der Waals surface area (Å²) in [6.07, 6.45) is 1.65. The molecule has 1 aromatic rings. The molecule has 0 unspecified atom stereocenters. The Morgan fingerprint density at radius 1 is 1.31 bits per heavy atom. The fourth-order valence-corrected chi connectivity index (χ4v) is 1.13. The van der Waals surface area contributed by atoms with Gasteiger partial charge in [-0.3, -0.25) is 5.41 Å². The third-order valence-electron chi connectivity index (χ3n) is 1.89. The number of hydrogen-bond donors (Lipinski definition) is 3. The predicted octanol–water partition coefficient (Wildman–Crippen LogP) is 0.896. The highest BCUT2D eigenvalue weighted by molar-refractivity contribution is 5.94. The molecule has 0 saturated carbocycles. The molecule has 0 aromatic heterocycles. The first kappa shape index (κ1) is 9.74. The van der Waals surface area contributed by atoms with E-state index in [2.05, 4.69) is 0 Å². The van der Waals surface area contributed by atoms with Crippen molar-refractivity contribution in [2.24, 2.45) is 5.73 Å². The summed E-state index contributed by atoms with van der Waals surface area (Å²) in [5.41, 5.74) is 7.22. The Bertz CT molecular complexity index is 279. The van der Waals surface area contributed by atoms with Crippen molar-refractivity contribution in [1.29, 1.82) is 5.41 Å². The van der Waals surface area contributed by atoms with E-state index in [1.807, 2.05) is 24.3 Å². The lowest BCUT2D eigenvalue weighted by Gasteiger charge is -2.01. The van der Waals surface area contributed by atoms with Gasteiger partial charge in [-0.1, -0.05) is 24.3 Å². The summed E-state index contributed by atoms with van der Waals surface area (Å²) in [5.74, 6) is 0.0914. The average molecular weight is 178 g/mol. The summed E-state index contributed by atoms with van der Waals surface area (Å²) < 4.78 is 0. The maximum Gasteiger partial charge on any atom is 0.122 e. The first-order valence-corrected chi connectivity index (χ1v) is 4.28. The lowest BCUT2D eigenvalue weighted by molar-refractivity contribution is 0.288. The van der Waals surface area contributed by atoms with Crippen LogP contribution in [0.3, 0.4) is 0 Å². The Morgan fingerprint density at radius 3 is 2.38 bits per heavy atom. The average Bonchev–Trinajstić information content (AvgIpc) is 2.15. The zero-order chi connectivity index (χ0) is 9.68. The molecule has 0 aliphatic heterocycles. The smallest absolute Gasteiger partial charge is 0.122 e. The summed E-state index contributed by atoms with van der Waals surface area (Å²) in [4.78, 5) is 0. The van der Waals surface area contributed by atoms with Crippen LogP contribution in [-0.2, 0) is 6.42 Å². The maximum atomic E-state index is 8.62. The predicted molar refractivity (Wildman–Crippen MR) is 52.9 cm³/mol. The maximum absolute atomic E-state index is 8.62. The van der Waals surface area contributed by atoms with E-state index in [9.17, 15) is 0 Å². The van der Waals surface area contributed by atoms with Crippen molar-refractivity contribution in [1.82, 2.24) is 0 Å². The highest BCUT2D eigenvalue weighted by atomic mass is 16.2. The molecule has 0 radical (unpaired) electrons. The Morgan fingerprint density at radius 2 is 1.92 bits per heavy atom. The molecule has 0 fully saturated rings. The molecule has 0 aliphatic rings. The zero-order valence-corrected chi connectivity index (χ0v) is 7.46. The van der Waals surface area contributed by atoms with Gasteiger partial charge in [-0.25, -0.2) is 0 Å². The van der Waals surface area contributed by atoms with Crippen LogP contribution in [0.2, 0.25) is 0 Å². The molecule has 0 saturated heterocycles. The van der Waals surface area contributed by atoms with E-state index in [0.717, 1.165) is 18.4 Å². The van der Waals surface area contributed by atoms with E-state index >= 15 is 0 Å². The van der Waals surface area contributed by atoms with Crippen LogP contribution < -0.4 is 5.73 Å². The van der Waals surface area contributed by atoms with Crippen molar-refractivity contribution < 1.29 is 5.11 Å². The van der Waals surface area contributed by atoms with Crippen molar-refractivity contribution in [2.75, 3.05) is 6.61 Å². The van der Waals surface area contributed by atoms with E-state index in [0.29, 0.717) is 0 Å². The lowest BCUT2D eigenvalue weighted by atomic mass is 10.1. The van der Waals surface area contributed by atoms with Crippen molar-refractivity contribution in [3.8, 4) is 0 Å². The number of amidine groups is 1. The molecule has 0 heterocycles.